The molecule has 8 rings (SSSR count). The van der Waals surface area contributed by atoms with Gasteiger partial charge in [-0.2, -0.15) is 0 Å². The summed E-state index contributed by atoms with van der Waals surface area (Å²) in [5.74, 6) is 0. The fourth-order valence-corrected chi connectivity index (χ4v) is 5.98. The Kier molecular flexibility index (Phi) is 4.89. The van der Waals surface area contributed by atoms with Crippen molar-refractivity contribution in [1.82, 2.24) is 4.98 Å². The first-order valence-electron chi connectivity index (χ1n) is 13.5. The van der Waals surface area contributed by atoms with Crippen molar-refractivity contribution in [2.24, 2.45) is 9.98 Å². The molecular formula is C35H26N4. The average Bonchev–Trinajstić information content (AvgIpc) is 3.00. The lowest BCUT2D eigenvalue weighted by atomic mass is 9.90. The van der Waals surface area contributed by atoms with Gasteiger partial charge in [-0.05, 0) is 57.3 Å². The number of fused-ring (bicyclic) bond motifs is 7. The van der Waals surface area contributed by atoms with E-state index >= 15 is 0 Å². The van der Waals surface area contributed by atoms with Gasteiger partial charge in [-0.25, -0.2) is 9.98 Å². The lowest BCUT2D eigenvalue weighted by Gasteiger charge is -2.24. The highest BCUT2D eigenvalue weighted by Crippen LogP contribution is 2.43. The normalized spacial score (nSPS) is 15.5. The summed E-state index contributed by atoms with van der Waals surface area (Å²) in [6.45, 7) is 6.05. The Morgan fingerprint density at radius 2 is 1.67 bits per heavy atom. The van der Waals surface area contributed by atoms with E-state index in [4.69, 9.17) is 15.0 Å². The molecule has 0 saturated carbocycles. The van der Waals surface area contributed by atoms with Gasteiger partial charge in [-0.3, -0.25) is 4.99 Å². The number of aromatic nitrogens is 1. The van der Waals surface area contributed by atoms with Crippen molar-refractivity contribution in [3.8, 4) is 11.3 Å². The Morgan fingerprint density at radius 3 is 2.62 bits per heavy atom. The Bertz CT molecular complexity index is 2060. The minimum Gasteiger partial charge on any atom is -0.379 e. The van der Waals surface area contributed by atoms with E-state index < -0.39 is 0 Å². The summed E-state index contributed by atoms with van der Waals surface area (Å²) < 4.78 is 0. The van der Waals surface area contributed by atoms with E-state index in [1.165, 1.54) is 21.6 Å². The molecule has 186 valence electrons. The number of aliphatic imine (C=N–C) groups is 1. The lowest BCUT2D eigenvalue weighted by Crippen LogP contribution is -2.29. The third kappa shape index (κ3) is 3.63. The SMILES string of the molecule is C=C1CC(c2ccc3ccc(-c4ccc5ccc6c(c5n4)=NCCC=6)cc3c2)=Nc2c1ccc1c2NCC=C1. The van der Waals surface area contributed by atoms with Crippen molar-refractivity contribution < 1.29 is 0 Å². The second-order valence-electron chi connectivity index (χ2n) is 10.5. The molecular weight excluding hydrogens is 476 g/mol. The number of hydrogen-bond acceptors (Lipinski definition) is 4. The second kappa shape index (κ2) is 8.60. The van der Waals surface area contributed by atoms with Gasteiger partial charge in [-0.1, -0.05) is 79.4 Å². The molecule has 5 aromatic rings. The Balaban J connectivity index is 1.23. The van der Waals surface area contributed by atoms with Crippen LogP contribution in [0.15, 0.2) is 95.4 Å². The van der Waals surface area contributed by atoms with Gasteiger partial charge < -0.3 is 5.32 Å². The van der Waals surface area contributed by atoms with Gasteiger partial charge in [0.15, 0.2) is 0 Å². The quantitative estimate of drug-likeness (QED) is 0.287. The van der Waals surface area contributed by atoms with Crippen LogP contribution in [0.5, 0.6) is 0 Å². The first kappa shape index (κ1) is 22.2. The van der Waals surface area contributed by atoms with Crippen molar-refractivity contribution in [1.29, 1.82) is 0 Å². The molecule has 0 atom stereocenters. The van der Waals surface area contributed by atoms with Crippen LogP contribution in [0.2, 0.25) is 0 Å². The van der Waals surface area contributed by atoms with Crippen LogP contribution in [0.4, 0.5) is 11.4 Å². The number of rotatable bonds is 2. The van der Waals surface area contributed by atoms with Gasteiger partial charge in [0.1, 0.15) is 0 Å². The van der Waals surface area contributed by atoms with Gasteiger partial charge in [0.25, 0.3) is 0 Å². The van der Waals surface area contributed by atoms with Gasteiger partial charge in [0, 0.05) is 36.0 Å². The maximum Gasteiger partial charge on any atom is 0.0967 e. The molecule has 3 aliphatic heterocycles. The van der Waals surface area contributed by atoms with Gasteiger partial charge in [0.05, 0.1) is 33.7 Å². The fourth-order valence-electron chi connectivity index (χ4n) is 5.98. The van der Waals surface area contributed by atoms with Crippen LogP contribution in [-0.4, -0.2) is 23.8 Å². The van der Waals surface area contributed by atoms with E-state index in [0.29, 0.717) is 0 Å². The number of nitrogens with zero attached hydrogens (tertiary/aromatic N) is 3. The van der Waals surface area contributed by atoms with Crippen LogP contribution in [0.1, 0.15) is 29.5 Å². The minimum absolute atomic E-state index is 0.741. The molecule has 4 heterocycles. The van der Waals surface area contributed by atoms with Crippen molar-refractivity contribution in [2.45, 2.75) is 12.8 Å². The van der Waals surface area contributed by atoms with Gasteiger partial charge in [0.2, 0.25) is 0 Å². The van der Waals surface area contributed by atoms with E-state index in [1.807, 2.05) is 0 Å². The summed E-state index contributed by atoms with van der Waals surface area (Å²) in [5.41, 5.74) is 10.8. The van der Waals surface area contributed by atoms with E-state index in [9.17, 15) is 0 Å². The number of benzene rings is 4. The molecule has 1 aromatic heterocycles. The number of nitrogens with one attached hydrogen (secondary N) is 1. The molecule has 0 radical (unpaired) electrons. The largest absolute Gasteiger partial charge is 0.379 e. The summed E-state index contributed by atoms with van der Waals surface area (Å²) in [6, 6.07) is 26.1. The van der Waals surface area contributed by atoms with Crippen LogP contribution in [0.3, 0.4) is 0 Å². The third-order valence-electron chi connectivity index (χ3n) is 8.01. The maximum absolute atomic E-state index is 5.18. The third-order valence-corrected chi connectivity index (χ3v) is 8.01. The molecule has 4 aromatic carbocycles. The Hall–Kier alpha value is -4.83. The molecule has 1 N–H and O–H groups in total. The van der Waals surface area contributed by atoms with Crippen LogP contribution in [-0.2, 0) is 0 Å². The number of hydrogen-bond donors (Lipinski definition) is 1. The zero-order valence-corrected chi connectivity index (χ0v) is 21.5. The van der Waals surface area contributed by atoms with Crippen molar-refractivity contribution in [2.75, 3.05) is 18.4 Å². The van der Waals surface area contributed by atoms with Crippen LogP contribution in [0.25, 0.3) is 50.7 Å². The molecule has 0 spiro atoms. The van der Waals surface area contributed by atoms with Crippen molar-refractivity contribution in [3.05, 3.63) is 113 Å². The van der Waals surface area contributed by atoms with Crippen LogP contribution >= 0.6 is 0 Å². The molecule has 0 unspecified atom stereocenters. The summed E-state index contributed by atoms with van der Waals surface area (Å²) >= 11 is 0. The molecule has 0 amide bonds. The first-order valence-corrected chi connectivity index (χ1v) is 13.5. The number of allylic oxidation sites excluding steroid dienone is 1. The fraction of sp³-hybridized carbons (Fsp3) is 0.114. The smallest absolute Gasteiger partial charge is 0.0967 e. The molecule has 0 aliphatic carbocycles. The molecule has 4 nitrogen and oxygen atoms in total. The van der Waals surface area contributed by atoms with E-state index in [1.54, 1.807) is 0 Å². The van der Waals surface area contributed by atoms with Crippen molar-refractivity contribution in [3.63, 3.8) is 0 Å². The minimum atomic E-state index is 0.741. The topological polar surface area (TPSA) is 49.6 Å². The van der Waals surface area contributed by atoms with Gasteiger partial charge >= 0.3 is 0 Å². The van der Waals surface area contributed by atoms with Gasteiger partial charge in [-0.15, -0.1) is 0 Å². The number of pyridine rings is 1. The second-order valence-corrected chi connectivity index (χ2v) is 10.5. The summed E-state index contributed by atoms with van der Waals surface area (Å²) in [5, 5.41) is 9.23. The highest BCUT2D eigenvalue weighted by molar-refractivity contribution is 6.13. The Labute approximate surface area is 226 Å². The predicted molar refractivity (Wildman–Crippen MR) is 163 cm³/mol. The van der Waals surface area contributed by atoms with Crippen LogP contribution < -0.4 is 15.9 Å². The van der Waals surface area contributed by atoms with E-state index in [-0.39, 0.29) is 0 Å². The highest BCUT2D eigenvalue weighted by Gasteiger charge is 2.22. The lowest BCUT2D eigenvalue weighted by molar-refractivity contribution is 0.965. The molecule has 0 saturated heterocycles. The first-order chi connectivity index (χ1) is 19.2. The summed E-state index contributed by atoms with van der Waals surface area (Å²) in [7, 11) is 0. The Morgan fingerprint density at radius 1 is 0.821 bits per heavy atom. The molecule has 39 heavy (non-hydrogen) atoms. The monoisotopic (exact) mass is 502 g/mol. The molecule has 0 bridgehead atoms. The van der Waals surface area contributed by atoms with E-state index in [0.717, 1.165) is 87.2 Å². The zero-order valence-electron chi connectivity index (χ0n) is 21.5. The molecule has 3 aliphatic rings. The molecule has 0 fully saturated rings. The van der Waals surface area contributed by atoms with Crippen molar-refractivity contribution >= 4 is 56.5 Å². The summed E-state index contributed by atoms with van der Waals surface area (Å²) in [6.07, 6.45) is 8.30. The standard InChI is InChI=1S/C35H26N4/c1-21-18-31(39-35-29(21)14-12-24-5-3-17-37-33(24)35)27-11-7-22-6-10-26(19-28(22)20-27)30-15-13-25-9-8-23-4-2-16-36-32(23)34(25)38-30/h3-15,19-20,37H,1-2,16-18H2. The number of anilines is 1. The predicted octanol–water partition coefficient (Wildman–Crippen LogP) is 6.84. The summed E-state index contributed by atoms with van der Waals surface area (Å²) in [4.78, 5) is 15.1. The van der Waals surface area contributed by atoms with Crippen LogP contribution in [0, 0.1) is 0 Å². The maximum atomic E-state index is 5.18. The molecule has 4 heteroatoms. The average molecular weight is 503 g/mol. The zero-order chi connectivity index (χ0) is 25.9. The van der Waals surface area contributed by atoms with E-state index in [2.05, 4.69) is 103 Å². The highest BCUT2D eigenvalue weighted by atomic mass is 14.9.